The van der Waals surface area contributed by atoms with E-state index >= 15 is 0 Å². The van der Waals surface area contributed by atoms with Crippen LogP contribution < -0.4 is 14.2 Å². The van der Waals surface area contributed by atoms with Gasteiger partial charge in [-0.2, -0.15) is 0 Å². The van der Waals surface area contributed by atoms with Crippen LogP contribution in [-0.2, 0) is 4.74 Å². The summed E-state index contributed by atoms with van der Waals surface area (Å²) in [6, 6.07) is 10.7. The van der Waals surface area contributed by atoms with Crippen LogP contribution in [0.4, 0.5) is 0 Å². The van der Waals surface area contributed by atoms with Gasteiger partial charge in [-0.15, -0.1) is 6.42 Å². The van der Waals surface area contributed by atoms with Crippen molar-refractivity contribution in [3.05, 3.63) is 53.1 Å². The first-order valence-corrected chi connectivity index (χ1v) is 9.89. The Morgan fingerprint density at radius 1 is 1.00 bits per heavy atom. The number of methoxy groups -OCH3 is 2. The fraction of sp³-hybridized carbons (Fsp3) is 0.333. The van der Waals surface area contributed by atoms with Gasteiger partial charge < -0.3 is 39.4 Å². The molecule has 1 aliphatic rings. The lowest BCUT2D eigenvalue weighted by atomic mass is 9.99. The standard InChI is InChI=1S/C24H26O8/c1-4-14-5-7-15(8-6-14)9-10-16-11-17(29-2)12-18(30-3)23(16)32-24-22(28)21(27)20(26)19(13-25)31-24/h1,5-12,19-22,24-28H,13H2,2-3H3/b10-9+/t19-,20-,21+,22-,24?/m1/s1. The Labute approximate surface area is 186 Å². The van der Waals surface area contributed by atoms with Crippen LogP contribution in [0.2, 0.25) is 0 Å². The predicted molar refractivity (Wildman–Crippen MR) is 117 cm³/mol. The molecule has 1 unspecified atom stereocenters. The van der Waals surface area contributed by atoms with Crippen molar-refractivity contribution in [2.24, 2.45) is 0 Å². The van der Waals surface area contributed by atoms with Gasteiger partial charge in [0.05, 0.1) is 20.8 Å². The molecule has 1 saturated heterocycles. The molecule has 0 saturated carbocycles. The van der Waals surface area contributed by atoms with E-state index in [-0.39, 0.29) is 5.75 Å². The predicted octanol–water partition coefficient (Wildman–Crippen LogP) is 1.03. The molecule has 4 N–H and O–H groups in total. The van der Waals surface area contributed by atoms with Crippen LogP contribution in [0.5, 0.6) is 17.2 Å². The molecule has 2 aromatic carbocycles. The molecule has 0 bridgehead atoms. The number of rotatable bonds is 7. The lowest BCUT2D eigenvalue weighted by Gasteiger charge is -2.39. The minimum Gasteiger partial charge on any atom is -0.497 e. The molecule has 1 heterocycles. The summed E-state index contributed by atoms with van der Waals surface area (Å²) in [5, 5.41) is 39.8. The van der Waals surface area contributed by atoms with Gasteiger partial charge in [0.1, 0.15) is 30.2 Å². The number of ether oxygens (including phenoxy) is 4. The first-order chi connectivity index (χ1) is 15.4. The van der Waals surface area contributed by atoms with Crippen molar-refractivity contribution in [2.75, 3.05) is 20.8 Å². The van der Waals surface area contributed by atoms with Crippen molar-refractivity contribution in [3.8, 4) is 29.6 Å². The molecule has 0 spiro atoms. The number of terminal acetylenes is 1. The van der Waals surface area contributed by atoms with Crippen LogP contribution in [-0.4, -0.2) is 72.0 Å². The Bertz CT molecular complexity index is 977. The zero-order valence-corrected chi connectivity index (χ0v) is 17.7. The lowest BCUT2D eigenvalue weighted by molar-refractivity contribution is -0.277. The molecule has 0 aliphatic carbocycles. The van der Waals surface area contributed by atoms with Gasteiger partial charge in [-0.3, -0.25) is 0 Å². The van der Waals surface area contributed by atoms with Gasteiger partial charge >= 0.3 is 0 Å². The van der Waals surface area contributed by atoms with E-state index in [1.165, 1.54) is 14.2 Å². The second-order valence-corrected chi connectivity index (χ2v) is 7.16. The highest BCUT2D eigenvalue weighted by Gasteiger charge is 2.45. The molecule has 8 nitrogen and oxygen atoms in total. The number of aliphatic hydroxyl groups is 4. The minimum absolute atomic E-state index is 0.217. The average molecular weight is 442 g/mol. The Balaban J connectivity index is 1.96. The van der Waals surface area contributed by atoms with Crippen molar-refractivity contribution >= 4 is 12.2 Å². The SMILES string of the molecule is C#Cc1ccc(/C=C/c2cc(OC)cc(OC)c2OC2O[C@H](CO)[C@@H](O)[C@H](O)[C@H]2O)cc1. The van der Waals surface area contributed by atoms with Crippen molar-refractivity contribution in [1.29, 1.82) is 0 Å². The summed E-state index contributed by atoms with van der Waals surface area (Å²) in [6.45, 7) is -0.565. The van der Waals surface area contributed by atoms with Gasteiger partial charge in [0.2, 0.25) is 6.29 Å². The number of benzene rings is 2. The van der Waals surface area contributed by atoms with E-state index in [9.17, 15) is 20.4 Å². The molecule has 2 aromatic rings. The molecule has 0 aromatic heterocycles. The largest absolute Gasteiger partial charge is 0.497 e. The van der Waals surface area contributed by atoms with Crippen LogP contribution in [0.25, 0.3) is 12.2 Å². The molecule has 0 radical (unpaired) electrons. The molecule has 0 amide bonds. The van der Waals surface area contributed by atoms with Crippen molar-refractivity contribution in [1.82, 2.24) is 0 Å². The third kappa shape index (κ3) is 5.05. The molecule has 1 aliphatic heterocycles. The van der Waals surface area contributed by atoms with Crippen LogP contribution in [0.15, 0.2) is 36.4 Å². The van der Waals surface area contributed by atoms with Gasteiger partial charge in [0.25, 0.3) is 0 Å². The first-order valence-electron chi connectivity index (χ1n) is 9.89. The maximum atomic E-state index is 10.4. The van der Waals surface area contributed by atoms with E-state index in [2.05, 4.69) is 5.92 Å². The summed E-state index contributed by atoms with van der Waals surface area (Å²) < 4.78 is 22.1. The number of hydrogen-bond donors (Lipinski definition) is 4. The molecule has 32 heavy (non-hydrogen) atoms. The normalized spacial score (nSPS) is 25.3. The molecule has 5 atom stereocenters. The quantitative estimate of drug-likeness (QED) is 0.371. The summed E-state index contributed by atoms with van der Waals surface area (Å²) in [7, 11) is 2.96. The molecule has 8 heteroatoms. The maximum absolute atomic E-state index is 10.4. The van der Waals surface area contributed by atoms with Gasteiger partial charge in [-0.05, 0) is 23.8 Å². The Kier molecular flexibility index (Phi) is 7.75. The van der Waals surface area contributed by atoms with Gasteiger partial charge in [-0.1, -0.05) is 30.2 Å². The second-order valence-electron chi connectivity index (χ2n) is 7.16. The summed E-state index contributed by atoms with van der Waals surface area (Å²) in [5.41, 5.74) is 2.18. The fourth-order valence-corrected chi connectivity index (χ4v) is 3.27. The van der Waals surface area contributed by atoms with E-state index in [1.54, 1.807) is 18.2 Å². The number of hydrogen-bond acceptors (Lipinski definition) is 8. The number of aliphatic hydroxyl groups excluding tert-OH is 4. The third-order valence-corrected chi connectivity index (χ3v) is 5.13. The summed E-state index contributed by atoms with van der Waals surface area (Å²) in [6.07, 6.45) is 1.90. The third-order valence-electron chi connectivity index (χ3n) is 5.13. The van der Waals surface area contributed by atoms with Gasteiger partial charge in [0.15, 0.2) is 11.5 Å². The summed E-state index contributed by atoms with van der Waals surface area (Å²) in [4.78, 5) is 0. The highest BCUT2D eigenvalue weighted by molar-refractivity contribution is 5.75. The van der Waals surface area contributed by atoms with Crippen LogP contribution in [0.1, 0.15) is 16.7 Å². The van der Waals surface area contributed by atoms with E-state index in [1.807, 2.05) is 30.3 Å². The Hall–Kier alpha value is -3.06. The maximum Gasteiger partial charge on any atom is 0.229 e. The highest BCUT2D eigenvalue weighted by Crippen LogP contribution is 2.39. The topological polar surface area (TPSA) is 118 Å². The lowest BCUT2D eigenvalue weighted by Crippen LogP contribution is -2.60. The fourth-order valence-electron chi connectivity index (χ4n) is 3.27. The molecular formula is C24H26O8. The Morgan fingerprint density at radius 3 is 2.31 bits per heavy atom. The van der Waals surface area contributed by atoms with Crippen molar-refractivity contribution in [3.63, 3.8) is 0 Å². The molecular weight excluding hydrogens is 416 g/mol. The van der Waals surface area contributed by atoms with Crippen LogP contribution >= 0.6 is 0 Å². The van der Waals surface area contributed by atoms with Crippen LogP contribution in [0.3, 0.4) is 0 Å². The van der Waals surface area contributed by atoms with E-state index in [4.69, 9.17) is 25.4 Å². The smallest absolute Gasteiger partial charge is 0.229 e. The van der Waals surface area contributed by atoms with E-state index < -0.39 is 37.3 Å². The average Bonchev–Trinajstić information content (AvgIpc) is 2.83. The van der Waals surface area contributed by atoms with E-state index in [0.29, 0.717) is 17.1 Å². The van der Waals surface area contributed by atoms with Crippen molar-refractivity contribution in [2.45, 2.75) is 30.7 Å². The summed E-state index contributed by atoms with van der Waals surface area (Å²) in [5.74, 6) is 3.58. The van der Waals surface area contributed by atoms with Gasteiger partial charge in [-0.25, -0.2) is 0 Å². The second kappa shape index (κ2) is 10.5. The molecule has 170 valence electrons. The van der Waals surface area contributed by atoms with Crippen molar-refractivity contribution < 1.29 is 39.4 Å². The first kappa shape index (κ1) is 23.6. The molecule has 3 rings (SSSR count). The van der Waals surface area contributed by atoms with Crippen LogP contribution in [0, 0.1) is 12.3 Å². The minimum atomic E-state index is -1.57. The zero-order valence-electron chi connectivity index (χ0n) is 17.7. The summed E-state index contributed by atoms with van der Waals surface area (Å²) >= 11 is 0. The Morgan fingerprint density at radius 2 is 1.72 bits per heavy atom. The highest BCUT2D eigenvalue weighted by atomic mass is 16.7. The molecule has 1 fully saturated rings. The van der Waals surface area contributed by atoms with E-state index in [0.717, 1.165) is 11.1 Å². The zero-order chi connectivity index (χ0) is 23.3. The van der Waals surface area contributed by atoms with Gasteiger partial charge in [0, 0.05) is 17.2 Å². The monoisotopic (exact) mass is 442 g/mol.